The molecule has 0 atom stereocenters. The fourth-order valence-corrected chi connectivity index (χ4v) is 2.15. The van der Waals surface area contributed by atoms with Gasteiger partial charge in [-0.05, 0) is 23.8 Å². The van der Waals surface area contributed by atoms with Gasteiger partial charge < -0.3 is 16.9 Å². The first-order chi connectivity index (χ1) is 10.7. The number of nitrogens with one attached hydrogen (secondary N) is 1. The summed E-state index contributed by atoms with van der Waals surface area (Å²) in [4.78, 5) is 13.0. The SMILES string of the molecule is N=C/C(=C\N)c1cnc2ccc(-c3cncc(N)c3)cc2n1. The van der Waals surface area contributed by atoms with E-state index in [9.17, 15) is 0 Å². The van der Waals surface area contributed by atoms with Crippen molar-refractivity contribution in [3.8, 4) is 11.1 Å². The molecule has 0 saturated carbocycles. The van der Waals surface area contributed by atoms with E-state index >= 15 is 0 Å². The Kier molecular flexibility index (Phi) is 3.49. The highest BCUT2D eigenvalue weighted by molar-refractivity contribution is 6.07. The molecule has 0 fully saturated rings. The molecular weight excluding hydrogens is 276 g/mol. The first-order valence-electron chi connectivity index (χ1n) is 6.61. The van der Waals surface area contributed by atoms with Crippen LogP contribution in [0.3, 0.4) is 0 Å². The fraction of sp³-hybridized carbons (Fsp3) is 0. The number of nitrogens with two attached hydrogens (primary N) is 2. The predicted octanol–water partition coefficient (Wildman–Crippen LogP) is 2.22. The molecule has 22 heavy (non-hydrogen) atoms. The Hall–Kier alpha value is -3.28. The maximum atomic E-state index is 7.34. The second-order valence-electron chi connectivity index (χ2n) is 4.73. The van der Waals surface area contributed by atoms with Crippen LogP contribution in [0.4, 0.5) is 5.69 Å². The molecular formula is C16H14N6. The standard InChI is InChI=1S/C16H14N6/c17-5-12(6-18)16-9-21-14-2-1-10(4-15(14)22-16)11-3-13(19)8-20-7-11/h1-9,17H,18-19H2/b12-6+,17-5?. The molecule has 108 valence electrons. The number of allylic oxidation sites excluding steroid dienone is 1. The number of pyridine rings is 1. The maximum Gasteiger partial charge on any atom is 0.0922 e. The lowest BCUT2D eigenvalue weighted by atomic mass is 10.1. The van der Waals surface area contributed by atoms with E-state index in [0.29, 0.717) is 17.0 Å². The van der Waals surface area contributed by atoms with Crippen LogP contribution in [0.25, 0.3) is 27.7 Å². The van der Waals surface area contributed by atoms with Crippen LogP contribution in [0.5, 0.6) is 0 Å². The van der Waals surface area contributed by atoms with Gasteiger partial charge in [0, 0.05) is 35.9 Å². The quantitative estimate of drug-likeness (QED) is 0.640. The molecule has 0 amide bonds. The summed E-state index contributed by atoms with van der Waals surface area (Å²) in [7, 11) is 0. The van der Waals surface area contributed by atoms with E-state index in [2.05, 4.69) is 15.0 Å². The van der Waals surface area contributed by atoms with Crippen LogP contribution in [0, 0.1) is 5.41 Å². The van der Waals surface area contributed by atoms with Gasteiger partial charge in [0.05, 0.1) is 28.6 Å². The molecule has 0 aliphatic rings. The van der Waals surface area contributed by atoms with Gasteiger partial charge in [-0.3, -0.25) is 9.97 Å². The number of aromatic nitrogens is 3. The molecule has 3 aromatic rings. The largest absolute Gasteiger partial charge is 0.404 e. The van der Waals surface area contributed by atoms with Crippen molar-refractivity contribution in [2.45, 2.75) is 0 Å². The van der Waals surface area contributed by atoms with E-state index < -0.39 is 0 Å². The van der Waals surface area contributed by atoms with Gasteiger partial charge in [0.2, 0.25) is 0 Å². The van der Waals surface area contributed by atoms with Gasteiger partial charge in [-0.15, -0.1) is 0 Å². The number of hydrogen-bond donors (Lipinski definition) is 3. The van der Waals surface area contributed by atoms with E-state index in [4.69, 9.17) is 16.9 Å². The summed E-state index contributed by atoms with van der Waals surface area (Å²) >= 11 is 0. The summed E-state index contributed by atoms with van der Waals surface area (Å²) in [6, 6.07) is 7.61. The van der Waals surface area contributed by atoms with E-state index in [-0.39, 0.29) is 0 Å². The number of anilines is 1. The van der Waals surface area contributed by atoms with Crippen LogP contribution < -0.4 is 11.5 Å². The first-order valence-corrected chi connectivity index (χ1v) is 6.61. The normalized spacial score (nSPS) is 11.5. The smallest absolute Gasteiger partial charge is 0.0922 e. The highest BCUT2D eigenvalue weighted by Crippen LogP contribution is 2.24. The molecule has 3 rings (SSSR count). The number of fused-ring (bicyclic) bond motifs is 1. The summed E-state index contributed by atoms with van der Waals surface area (Å²) in [5.41, 5.74) is 16.3. The van der Waals surface area contributed by atoms with Crippen LogP contribution >= 0.6 is 0 Å². The second-order valence-corrected chi connectivity index (χ2v) is 4.73. The average molecular weight is 290 g/mol. The van der Waals surface area contributed by atoms with E-state index in [1.165, 1.54) is 6.20 Å². The minimum atomic E-state index is 0.519. The molecule has 0 radical (unpaired) electrons. The summed E-state index contributed by atoms with van der Waals surface area (Å²) in [5, 5.41) is 7.34. The molecule has 6 heteroatoms. The zero-order chi connectivity index (χ0) is 15.5. The fourth-order valence-electron chi connectivity index (χ4n) is 2.15. The van der Waals surface area contributed by atoms with Gasteiger partial charge in [0.25, 0.3) is 0 Å². The molecule has 0 bridgehead atoms. The van der Waals surface area contributed by atoms with Crippen LogP contribution in [0.15, 0.2) is 49.1 Å². The number of nitrogens with zero attached hydrogens (tertiary/aromatic N) is 3. The minimum Gasteiger partial charge on any atom is -0.404 e. The average Bonchev–Trinajstić information content (AvgIpc) is 2.55. The Bertz CT molecular complexity index is 885. The van der Waals surface area contributed by atoms with Crippen molar-refractivity contribution in [2.24, 2.45) is 5.73 Å². The molecule has 0 spiro atoms. The lowest BCUT2D eigenvalue weighted by Gasteiger charge is -2.06. The van der Waals surface area contributed by atoms with Crippen LogP contribution in [0.2, 0.25) is 0 Å². The molecule has 6 nitrogen and oxygen atoms in total. The third-order valence-electron chi connectivity index (χ3n) is 3.27. The summed E-state index contributed by atoms with van der Waals surface area (Å²) in [6.07, 6.45) is 7.45. The number of hydrogen-bond acceptors (Lipinski definition) is 6. The van der Waals surface area contributed by atoms with Gasteiger partial charge >= 0.3 is 0 Å². The van der Waals surface area contributed by atoms with E-state index in [1.807, 2.05) is 24.3 Å². The highest BCUT2D eigenvalue weighted by Gasteiger charge is 2.06. The second kappa shape index (κ2) is 5.61. The van der Waals surface area contributed by atoms with Crippen LogP contribution in [-0.2, 0) is 0 Å². The maximum absolute atomic E-state index is 7.34. The van der Waals surface area contributed by atoms with Crippen molar-refractivity contribution in [1.29, 1.82) is 5.41 Å². The van der Waals surface area contributed by atoms with Crippen molar-refractivity contribution >= 4 is 28.5 Å². The Morgan fingerprint density at radius 1 is 1.05 bits per heavy atom. The molecule has 0 saturated heterocycles. The molecule has 0 aliphatic carbocycles. The molecule has 0 aliphatic heterocycles. The van der Waals surface area contributed by atoms with E-state index in [1.54, 1.807) is 18.6 Å². The van der Waals surface area contributed by atoms with Crippen LogP contribution in [-0.4, -0.2) is 21.2 Å². The van der Waals surface area contributed by atoms with Crippen molar-refractivity contribution in [1.82, 2.24) is 15.0 Å². The van der Waals surface area contributed by atoms with Gasteiger partial charge in [-0.25, -0.2) is 4.98 Å². The zero-order valence-corrected chi connectivity index (χ0v) is 11.7. The molecule has 5 N–H and O–H groups in total. The molecule has 1 aromatic carbocycles. The topological polar surface area (TPSA) is 115 Å². The van der Waals surface area contributed by atoms with Gasteiger partial charge in [0.1, 0.15) is 0 Å². The Labute approximate surface area is 127 Å². The lowest BCUT2D eigenvalue weighted by Crippen LogP contribution is -1.96. The minimum absolute atomic E-state index is 0.519. The lowest BCUT2D eigenvalue weighted by molar-refractivity contribution is 1.25. The Morgan fingerprint density at radius 2 is 1.91 bits per heavy atom. The summed E-state index contributed by atoms with van der Waals surface area (Å²) in [6.45, 7) is 0. The predicted molar refractivity (Wildman–Crippen MR) is 88.1 cm³/mol. The van der Waals surface area contributed by atoms with E-state index in [0.717, 1.165) is 28.4 Å². The molecule has 2 heterocycles. The van der Waals surface area contributed by atoms with Gasteiger partial charge in [0.15, 0.2) is 0 Å². The van der Waals surface area contributed by atoms with Gasteiger partial charge in [-0.1, -0.05) is 6.07 Å². The monoisotopic (exact) mass is 290 g/mol. The third kappa shape index (κ3) is 2.49. The Morgan fingerprint density at radius 3 is 2.64 bits per heavy atom. The van der Waals surface area contributed by atoms with Crippen LogP contribution in [0.1, 0.15) is 5.69 Å². The number of rotatable bonds is 3. The first kappa shape index (κ1) is 13.7. The Balaban J connectivity index is 2.14. The third-order valence-corrected chi connectivity index (χ3v) is 3.27. The molecule has 2 aromatic heterocycles. The molecule has 0 unspecified atom stereocenters. The highest BCUT2D eigenvalue weighted by atomic mass is 14.8. The number of benzene rings is 1. The zero-order valence-electron chi connectivity index (χ0n) is 11.7. The van der Waals surface area contributed by atoms with Crippen molar-refractivity contribution in [3.05, 3.63) is 54.7 Å². The number of nitrogen functional groups attached to an aromatic ring is 1. The van der Waals surface area contributed by atoms with Crippen molar-refractivity contribution < 1.29 is 0 Å². The van der Waals surface area contributed by atoms with Crippen molar-refractivity contribution in [2.75, 3.05) is 5.73 Å². The van der Waals surface area contributed by atoms with Crippen molar-refractivity contribution in [3.63, 3.8) is 0 Å². The summed E-state index contributed by atoms with van der Waals surface area (Å²) in [5.74, 6) is 0. The van der Waals surface area contributed by atoms with Gasteiger partial charge in [-0.2, -0.15) is 0 Å². The summed E-state index contributed by atoms with van der Waals surface area (Å²) < 4.78 is 0.